The molecule has 0 N–H and O–H groups in total. The predicted molar refractivity (Wildman–Crippen MR) is 82.4 cm³/mol. The van der Waals surface area contributed by atoms with Gasteiger partial charge in [0.25, 0.3) is 0 Å². The summed E-state index contributed by atoms with van der Waals surface area (Å²) in [6.07, 6.45) is 5.59. The van der Waals surface area contributed by atoms with E-state index in [-0.39, 0.29) is 11.5 Å². The molecule has 108 valence electrons. The van der Waals surface area contributed by atoms with Crippen molar-refractivity contribution in [2.45, 2.75) is 22.2 Å². The van der Waals surface area contributed by atoms with Crippen LogP contribution in [0.2, 0.25) is 0 Å². The first kappa shape index (κ1) is 15.7. The topological polar surface area (TPSA) is 72.8 Å². The second-order valence-electron chi connectivity index (χ2n) is 4.10. The van der Waals surface area contributed by atoms with Crippen LogP contribution in [0.25, 0.3) is 0 Å². The number of aldehydes is 1. The Hall–Kier alpha value is -1.73. The molecule has 0 aliphatic rings. The third-order valence-corrected chi connectivity index (χ3v) is 4.48. The molecule has 1 atom stereocenters. The van der Waals surface area contributed by atoms with E-state index < -0.39 is 5.25 Å². The van der Waals surface area contributed by atoms with Crippen LogP contribution in [-0.4, -0.2) is 38.0 Å². The van der Waals surface area contributed by atoms with Gasteiger partial charge in [0.15, 0.2) is 10.9 Å². The molecule has 0 aliphatic carbocycles. The molecule has 2 aromatic heterocycles. The number of Topliss-reactive ketones (excluding diaryl/α,β-unsaturated/α-hetero) is 1. The molecular formula is C14H13N3O2S2. The molecule has 0 aromatic carbocycles. The molecule has 0 bridgehead atoms. The van der Waals surface area contributed by atoms with Gasteiger partial charge in [0, 0.05) is 29.2 Å². The molecule has 7 heteroatoms. The maximum absolute atomic E-state index is 12.1. The minimum atomic E-state index is -0.730. The zero-order chi connectivity index (χ0) is 15.1. The number of nitrogens with zero attached hydrogens (tertiary/aromatic N) is 3. The van der Waals surface area contributed by atoms with E-state index in [4.69, 9.17) is 0 Å². The first-order valence-corrected chi connectivity index (χ1v) is 8.02. The second kappa shape index (κ2) is 7.90. The summed E-state index contributed by atoms with van der Waals surface area (Å²) in [5.74, 6) is 0.00842. The lowest BCUT2D eigenvalue weighted by molar-refractivity contribution is -0.119. The number of aromatic nitrogens is 3. The van der Waals surface area contributed by atoms with Crippen LogP contribution in [0.5, 0.6) is 0 Å². The quantitative estimate of drug-likeness (QED) is 0.335. The number of rotatable bonds is 7. The number of hydrogen-bond donors (Lipinski definition) is 0. The number of ketones is 1. The normalized spacial score (nSPS) is 11.9. The first-order chi connectivity index (χ1) is 10.2. The number of pyridine rings is 1. The Balaban J connectivity index is 1.93. The summed E-state index contributed by atoms with van der Waals surface area (Å²) in [4.78, 5) is 36.2. The number of carbonyl (C=O) groups is 2. The molecule has 2 aromatic rings. The van der Waals surface area contributed by atoms with E-state index in [1.54, 1.807) is 30.7 Å². The molecule has 21 heavy (non-hydrogen) atoms. The minimum Gasteiger partial charge on any atom is -0.302 e. The van der Waals surface area contributed by atoms with E-state index in [1.165, 1.54) is 23.5 Å². The fraction of sp³-hybridized carbons (Fsp3) is 0.214. The van der Waals surface area contributed by atoms with Gasteiger partial charge in [-0.1, -0.05) is 11.8 Å². The molecule has 0 saturated heterocycles. The summed E-state index contributed by atoms with van der Waals surface area (Å²) >= 11 is 2.44. The van der Waals surface area contributed by atoms with Crippen molar-refractivity contribution < 1.29 is 9.59 Å². The van der Waals surface area contributed by atoms with Gasteiger partial charge >= 0.3 is 0 Å². The maximum Gasteiger partial charge on any atom is 0.188 e. The molecule has 5 nitrogen and oxygen atoms in total. The van der Waals surface area contributed by atoms with Gasteiger partial charge in [-0.25, -0.2) is 9.97 Å². The van der Waals surface area contributed by atoms with Crippen molar-refractivity contribution in [3.05, 3.63) is 42.5 Å². The highest BCUT2D eigenvalue weighted by molar-refractivity contribution is 8.02. The van der Waals surface area contributed by atoms with E-state index in [1.807, 2.05) is 13.0 Å². The molecule has 1 unspecified atom stereocenters. The Morgan fingerprint density at radius 3 is 2.90 bits per heavy atom. The van der Waals surface area contributed by atoms with E-state index in [0.717, 1.165) is 10.6 Å². The third-order valence-electron chi connectivity index (χ3n) is 2.45. The van der Waals surface area contributed by atoms with Crippen LogP contribution in [0.15, 0.2) is 46.8 Å². The Labute approximate surface area is 131 Å². The van der Waals surface area contributed by atoms with Gasteiger partial charge in [0.2, 0.25) is 0 Å². The van der Waals surface area contributed by atoms with Crippen molar-refractivity contribution in [1.29, 1.82) is 0 Å². The molecule has 0 fully saturated rings. The number of carbonyl (C=O) groups excluding carboxylic acids is 2. The average Bonchev–Trinajstić information content (AvgIpc) is 2.51. The van der Waals surface area contributed by atoms with E-state index in [9.17, 15) is 9.59 Å². The van der Waals surface area contributed by atoms with Gasteiger partial charge in [-0.2, -0.15) is 0 Å². The number of hydrogen-bond acceptors (Lipinski definition) is 7. The first-order valence-electron chi connectivity index (χ1n) is 6.16. The highest BCUT2D eigenvalue weighted by Gasteiger charge is 2.19. The lowest BCUT2D eigenvalue weighted by atomic mass is 10.3. The van der Waals surface area contributed by atoms with Crippen LogP contribution in [-0.2, 0) is 9.59 Å². The van der Waals surface area contributed by atoms with Crippen LogP contribution in [0, 0.1) is 6.92 Å². The SMILES string of the molecule is Cc1ccnc(SCC(=O)C(C=O)Sc2cccnc2)n1. The lowest BCUT2D eigenvalue weighted by Gasteiger charge is -2.08. The molecule has 2 heterocycles. The van der Waals surface area contributed by atoms with Crippen LogP contribution in [0.1, 0.15) is 5.69 Å². The molecule has 0 spiro atoms. The summed E-state index contributed by atoms with van der Waals surface area (Å²) in [5.41, 5.74) is 0.844. The summed E-state index contributed by atoms with van der Waals surface area (Å²) in [7, 11) is 0. The van der Waals surface area contributed by atoms with Gasteiger partial charge in [-0.05, 0) is 25.1 Å². The summed E-state index contributed by atoms with van der Waals surface area (Å²) in [6.45, 7) is 1.86. The molecule has 0 amide bonds. The Kier molecular flexibility index (Phi) is 5.89. The minimum absolute atomic E-state index is 0.158. The van der Waals surface area contributed by atoms with Crippen molar-refractivity contribution in [3.63, 3.8) is 0 Å². The van der Waals surface area contributed by atoms with Gasteiger partial charge < -0.3 is 4.79 Å². The average molecular weight is 319 g/mol. The van der Waals surface area contributed by atoms with E-state index in [0.29, 0.717) is 11.4 Å². The lowest BCUT2D eigenvalue weighted by Crippen LogP contribution is -2.20. The molecule has 0 aliphatic heterocycles. The largest absolute Gasteiger partial charge is 0.302 e. The molecule has 0 saturated carbocycles. The predicted octanol–water partition coefficient (Wildman–Crippen LogP) is 2.20. The van der Waals surface area contributed by atoms with Crippen LogP contribution in [0.3, 0.4) is 0 Å². The summed E-state index contributed by atoms with van der Waals surface area (Å²) in [5, 5.41) is -0.189. The standard InChI is InChI=1S/C14H13N3O2S2/c1-10-4-6-16-14(17-10)20-9-12(19)13(8-18)21-11-3-2-5-15-7-11/h2-8,13H,9H2,1H3. The number of thioether (sulfide) groups is 2. The van der Waals surface area contributed by atoms with Gasteiger partial charge in [-0.3, -0.25) is 9.78 Å². The third kappa shape index (κ3) is 4.95. The van der Waals surface area contributed by atoms with Crippen molar-refractivity contribution in [1.82, 2.24) is 15.0 Å². The van der Waals surface area contributed by atoms with Crippen molar-refractivity contribution in [3.8, 4) is 0 Å². The second-order valence-corrected chi connectivity index (χ2v) is 6.26. The van der Waals surface area contributed by atoms with Gasteiger partial charge in [-0.15, -0.1) is 11.8 Å². The highest BCUT2D eigenvalue weighted by Crippen LogP contribution is 2.23. The maximum atomic E-state index is 12.1. The molecule has 0 radical (unpaired) electrons. The van der Waals surface area contributed by atoms with Crippen molar-refractivity contribution in [2.24, 2.45) is 0 Å². The fourth-order valence-electron chi connectivity index (χ4n) is 1.45. The Bertz CT molecular complexity index is 623. The zero-order valence-corrected chi connectivity index (χ0v) is 12.9. The summed E-state index contributed by atoms with van der Waals surface area (Å²) in [6, 6.07) is 5.38. The summed E-state index contributed by atoms with van der Waals surface area (Å²) < 4.78 is 0. The van der Waals surface area contributed by atoms with Crippen LogP contribution in [0.4, 0.5) is 0 Å². The monoisotopic (exact) mass is 319 g/mol. The fourth-order valence-corrected chi connectivity index (χ4v) is 3.19. The van der Waals surface area contributed by atoms with Gasteiger partial charge in [0.05, 0.1) is 5.75 Å². The smallest absolute Gasteiger partial charge is 0.188 e. The highest BCUT2D eigenvalue weighted by atomic mass is 32.2. The van der Waals surface area contributed by atoms with E-state index >= 15 is 0 Å². The number of aryl methyl sites for hydroxylation is 1. The molecule has 2 rings (SSSR count). The van der Waals surface area contributed by atoms with Crippen LogP contribution >= 0.6 is 23.5 Å². The Morgan fingerprint density at radius 2 is 2.24 bits per heavy atom. The van der Waals surface area contributed by atoms with Crippen molar-refractivity contribution in [2.75, 3.05) is 5.75 Å². The zero-order valence-electron chi connectivity index (χ0n) is 11.3. The van der Waals surface area contributed by atoms with Crippen LogP contribution < -0.4 is 0 Å². The van der Waals surface area contributed by atoms with Crippen molar-refractivity contribution >= 4 is 35.6 Å². The van der Waals surface area contributed by atoms with Gasteiger partial charge in [0.1, 0.15) is 11.5 Å². The molecular weight excluding hydrogens is 306 g/mol. The Morgan fingerprint density at radius 1 is 1.38 bits per heavy atom. The van der Waals surface area contributed by atoms with E-state index in [2.05, 4.69) is 15.0 Å².